The molecule has 0 amide bonds. The first kappa shape index (κ1) is 20.0. The maximum absolute atomic E-state index is 12.0. The fourth-order valence-corrected chi connectivity index (χ4v) is 3.35. The Morgan fingerprint density at radius 2 is 1.45 bits per heavy atom. The molecule has 0 aromatic rings. The molecule has 0 radical (unpaired) electrons. The van der Waals surface area contributed by atoms with Crippen molar-refractivity contribution in [2.24, 2.45) is 10.8 Å². The number of hydrogen-bond acceptors (Lipinski definition) is 6. The summed E-state index contributed by atoms with van der Waals surface area (Å²) in [5, 5.41) is 18.3. The normalized spacial score (nSPS) is 15.8. The molecule has 0 rings (SSSR count). The molecule has 118 valence electrons. The van der Waals surface area contributed by atoms with Crippen molar-refractivity contribution in [3.05, 3.63) is 0 Å². The molecule has 0 aliphatic carbocycles. The summed E-state index contributed by atoms with van der Waals surface area (Å²) in [5.41, 5.74) is -0.977. The van der Waals surface area contributed by atoms with Crippen LogP contribution < -0.4 is 0 Å². The SMILES string of the molecule is CC(C)(C)C(=O)SC[C@@H](SC(=O)C(C)(C)C)[C@H](O)CO. The highest BCUT2D eigenvalue weighted by atomic mass is 32.2. The van der Waals surface area contributed by atoms with E-state index in [-0.39, 0.29) is 10.2 Å². The molecule has 0 unspecified atom stereocenters. The molecule has 0 aromatic heterocycles. The average molecular weight is 322 g/mol. The number of rotatable bonds is 5. The molecule has 0 saturated heterocycles. The lowest BCUT2D eigenvalue weighted by atomic mass is 9.99. The standard InChI is InChI=1S/C14H26O4S2/c1-13(2,3)11(17)19-8-10(9(16)7-15)20-12(18)14(4,5)6/h9-10,15-16H,7-8H2,1-6H3/t9-,10-/m1/s1. The number of thioether (sulfide) groups is 2. The topological polar surface area (TPSA) is 74.6 Å². The van der Waals surface area contributed by atoms with Gasteiger partial charge in [-0.3, -0.25) is 9.59 Å². The number of hydrogen-bond donors (Lipinski definition) is 2. The van der Waals surface area contributed by atoms with Crippen LogP contribution in [0, 0.1) is 10.8 Å². The molecule has 0 saturated carbocycles. The number of carbonyl (C=O) groups is 2. The summed E-state index contributed by atoms with van der Waals surface area (Å²) < 4.78 is 0. The maximum atomic E-state index is 12.0. The second-order valence-electron chi connectivity index (χ2n) is 6.79. The van der Waals surface area contributed by atoms with Crippen molar-refractivity contribution in [2.75, 3.05) is 12.4 Å². The van der Waals surface area contributed by atoms with Crippen molar-refractivity contribution in [3.8, 4) is 0 Å². The zero-order chi connectivity index (χ0) is 16.1. The van der Waals surface area contributed by atoms with E-state index in [1.165, 1.54) is 0 Å². The molecule has 6 heteroatoms. The third kappa shape index (κ3) is 7.11. The van der Waals surface area contributed by atoms with Crippen LogP contribution in [0.15, 0.2) is 0 Å². The Hall–Kier alpha value is -0.0400. The molecule has 4 nitrogen and oxygen atoms in total. The van der Waals surface area contributed by atoms with Gasteiger partial charge in [0.15, 0.2) is 10.2 Å². The van der Waals surface area contributed by atoms with E-state index in [2.05, 4.69) is 0 Å². The molecule has 0 fully saturated rings. The predicted octanol–water partition coefficient (Wildman–Crippen LogP) is 2.32. The minimum Gasteiger partial charge on any atom is -0.394 e. The summed E-state index contributed by atoms with van der Waals surface area (Å²) in [6.07, 6.45) is -1.01. The van der Waals surface area contributed by atoms with E-state index in [0.717, 1.165) is 23.5 Å². The van der Waals surface area contributed by atoms with Gasteiger partial charge in [0.25, 0.3) is 0 Å². The van der Waals surface area contributed by atoms with Crippen molar-refractivity contribution in [1.29, 1.82) is 0 Å². The van der Waals surface area contributed by atoms with Crippen molar-refractivity contribution in [2.45, 2.75) is 52.9 Å². The van der Waals surface area contributed by atoms with Crippen molar-refractivity contribution in [3.63, 3.8) is 0 Å². The van der Waals surface area contributed by atoms with E-state index in [4.69, 9.17) is 5.11 Å². The minimum atomic E-state index is -1.01. The fourth-order valence-electron chi connectivity index (χ4n) is 1.03. The summed E-state index contributed by atoms with van der Waals surface area (Å²) in [6.45, 7) is 10.5. The van der Waals surface area contributed by atoms with Gasteiger partial charge in [-0.25, -0.2) is 0 Å². The van der Waals surface area contributed by atoms with Gasteiger partial charge >= 0.3 is 0 Å². The van der Waals surface area contributed by atoms with E-state index < -0.39 is 28.8 Å². The molecular weight excluding hydrogens is 296 g/mol. The van der Waals surface area contributed by atoms with Crippen LogP contribution >= 0.6 is 23.5 Å². The predicted molar refractivity (Wildman–Crippen MR) is 85.9 cm³/mol. The molecule has 0 spiro atoms. The van der Waals surface area contributed by atoms with Gasteiger partial charge in [0.1, 0.15) is 0 Å². The van der Waals surface area contributed by atoms with Gasteiger partial charge < -0.3 is 10.2 Å². The van der Waals surface area contributed by atoms with Crippen LogP contribution in [0.1, 0.15) is 41.5 Å². The Kier molecular flexibility index (Phi) is 7.81. The van der Waals surface area contributed by atoms with E-state index in [0.29, 0.717) is 5.75 Å². The summed E-state index contributed by atoms with van der Waals surface area (Å²) in [7, 11) is 0. The Morgan fingerprint density at radius 3 is 1.80 bits per heavy atom. The van der Waals surface area contributed by atoms with Gasteiger partial charge in [-0.15, -0.1) is 0 Å². The Labute approximate surface area is 130 Å². The molecule has 0 aliphatic heterocycles. The van der Waals surface area contributed by atoms with Gasteiger partial charge in [-0.2, -0.15) is 0 Å². The van der Waals surface area contributed by atoms with Gasteiger partial charge in [0.05, 0.1) is 18.0 Å². The lowest BCUT2D eigenvalue weighted by molar-refractivity contribution is -0.118. The lowest BCUT2D eigenvalue weighted by Crippen LogP contribution is -2.33. The summed E-state index contributed by atoms with van der Waals surface area (Å²) >= 11 is 2.12. The minimum absolute atomic E-state index is 0.0106. The zero-order valence-electron chi connectivity index (χ0n) is 13.1. The first-order valence-corrected chi connectivity index (χ1v) is 8.43. The largest absolute Gasteiger partial charge is 0.394 e. The van der Waals surface area contributed by atoms with Crippen LogP contribution in [0.4, 0.5) is 0 Å². The monoisotopic (exact) mass is 322 g/mol. The molecular formula is C14H26O4S2. The molecule has 20 heavy (non-hydrogen) atoms. The molecule has 2 N–H and O–H groups in total. The third-order valence-electron chi connectivity index (χ3n) is 2.48. The van der Waals surface area contributed by atoms with E-state index >= 15 is 0 Å². The molecule has 0 bridgehead atoms. The van der Waals surface area contributed by atoms with E-state index in [9.17, 15) is 14.7 Å². The van der Waals surface area contributed by atoms with Gasteiger partial charge in [0.2, 0.25) is 0 Å². The van der Waals surface area contributed by atoms with Crippen LogP contribution in [0.25, 0.3) is 0 Å². The highest BCUT2D eigenvalue weighted by Gasteiger charge is 2.31. The van der Waals surface area contributed by atoms with E-state index in [1.807, 2.05) is 20.8 Å². The molecule has 2 atom stereocenters. The molecule has 0 aliphatic rings. The Balaban J connectivity index is 4.68. The quantitative estimate of drug-likeness (QED) is 0.809. The second kappa shape index (κ2) is 7.82. The van der Waals surface area contributed by atoms with Crippen LogP contribution in [0.5, 0.6) is 0 Å². The van der Waals surface area contributed by atoms with Gasteiger partial charge in [0, 0.05) is 16.6 Å². The van der Waals surface area contributed by atoms with Crippen molar-refractivity contribution in [1.82, 2.24) is 0 Å². The van der Waals surface area contributed by atoms with Crippen LogP contribution in [0.2, 0.25) is 0 Å². The highest BCUT2D eigenvalue weighted by Crippen LogP contribution is 2.31. The molecule has 0 aromatic carbocycles. The zero-order valence-corrected chi connectivity index (χ0v) is 14.7. The maximum Gasteiger partial charge on any atom is 0.194 e. The average Bonchev–Trinajstić information content (AvgIpc) is 2.30. The number of carbonyl (C=O) groups excluding carboxylic acids is 2. The van der Waals surface area contributed by atoms with Crippen molar-refractivity contribution >= 4 is 33.8 Å². The Bertz CT molecular complexity index is 342. The second-order valence-corrected chi connectivity index (χ2v) is 9.00. The van der Waals surface area contributed by atoms with Crippen LogP contribution in [-0.4, -0.2) is 44.2 Å². The summed E-state index contributed by atoms with van der Waals surface area (Å²) in [6, 6.07) is 0. The first-order chi connectivity index (χ1) is 8.89. The van der Waals surface area contributed by atoms with Gasteiger partial charge in [-0.1, -0.05) is 65.1 Å². The summed E-state index contributed by atoms with van der Waals surface area (Å²) in [4.78, 5) is 23.9. The highest BCUT2D eigenvalue weighted by molar-refractivity contribution is 8.17. The molecule has 0 heterocycles. The first-order valence-electron chi connectivity index (χ1n) is 6.57. The van der Waals surface area contributed by atoms with E-state index in [1.54, 1.807) is 20.8 Å². The van der Waals surface area contributed by atoms with Crippen molar-refractivity contribution < 1.29 is 19.8 Å². The lowest BCUT2D eigenvalue weighted by Gasteiger charge is -2.25. The number of aliphatic hydroxyl groups is 2. The summed E-state index contributed by atoms with van der Waals surface area (Å²) in [5.74, 6) is 0.310. The van der Waals surface area contributed by atoms with Crippen LogP contribution in [0.3, 0.4) is 0 Å². The van der Waals surface area contributed by atoms with Crippen LogP contribution in [-0.2, 0) is 9.59 Å². The van der Waals surface area contributed by atoms with Gasteiger partial charge in [-0.05, 0) is 0 Å². The fraction of sp³-hybridized carbons (Fsp3) is 0.857. The third-order valence-corrected chi connectivity index (χ3v) is 5.70. The Morgan fingerprint density at radius 1 is 1.00 bits per heavy atom. The number of aliphatic hydroxyl groups excluding tert-OH is 2. The smallest absolute Gasteiger partial charge is 0.194 e.